The third-order valence-corrected chi connectivity index (χ3v) is 2.42. The van der Waals surface area contributed by atoms with Crippen molar-refractivity contribution in [1.29, 1.82) is 0 Å². The Morgan fingerprint density at radius 2 is 2.33 bits per heavy atom. The summed E-state index contributed by atoms with van der Waals surface area (Å²) in [5.41, 5.74) is 2.39. The van der Waals surface area contributed by atoms with Crippen LogP contribution in [0.4, 0.5) is 4.39 Å². The fraction of sp³-hybridized carbons (Fsp3) is 0.400. The van der Waals surface area contributed by atoms with E-state index in [0.717, 1.165) is 18.5 Å². The third-order valence-electron chi connectivity index (χ3n) is 2.42. The van der Waals surface area contributed by atoms with Crippen molar-refractivity contribution in [2.24, 2.45) is 0 Å². The first-order valence-corrected chi connectivity index (χ1v) is 4.29. The predicted molar refractivity (Wildman–Crippen MR) is 46.5 cm³/mol. The molecule has 0 fully saturated rings. The SMILES string of the molecule is C[C@@H]1NCCc2ccc(F)cc21. The summed E-state index contributed by atoms with van der Waals surface area (Å²) in [7, 11) is 0. The highest BCUT2D eigenvalue weighted by Crippen LogP contribution is 2.22. The van der Waals surface area contributed by atoms with Gasteiger partial charge in [-0.2, -0.15) is 0 Å². The molecule has 12 heavy (non-hydrogen) atoms. The summed E-state index contributed by atoms with van der Waals surface area (Å²) < 4.78 is 12.8. The van der Waals surface area contributed by atoms with E-state index in [4.69, 9.17) is 0 Å². The number of hydrogen-bond acceptors (Lipinski definition) is 1. The molecule has 0 saturated heterocycles. The van der Waals surface area contributed by atoms with Gasteiger partial charge in [-0.05, 0) is 43.1 Å². The highest BCUT2D eigenvalue weighted by atomic mass is 19.1. The minimum atomic E-state index is -0.135. The monoisotopic (exact) mass is 165 g/mol. The van der Waals surface area contributed by atoms with Crippen LogP contribution in [0.3, 0.4) is 0 Å². The summed E-state index contributed by atoms with van der Waals surface area (Å²) in [6, 6.07) is 5.36. The molecule has 1 N–H and O–H groups in total. The van der Waals surface area contributed by atoms with Crippen LogP contribution < -0.4 is 5.32 Å². The van der Waals surface area contributed by atoms with Gasteiger partial charge in [-0.1, -0.05) is 6.07 Å². The Bertz CT molecular complexity index is 296. The summed E-state index contributed by atoms with van der Waals surface area (Å²) in [5.74, 6) is -0.135. The molecule has 2 rings (SSSR count). The van der Waals surface area contributed by atoms with E-state index in [2.05, 4.69) is 12.2 Å². The zero-order chi connectivity index (χ0) is 8.55. The lowest BCUT2D eigenvalue weighted by molar-refractivity contribution is 0.532. The molecule has 0 amide bonds. The Labute approximate surface area is 71.6 Å². The molecule has 1 nitrogen and oxygen atoms in total. The molecule has 0 bridgehead atoms. The van der Waals surface area contributed by atoms with Gasteiger partial charge in [0.1, 0.15) is 5.82 Å². The Balaban J connectivity index is 2.47. The Hall–Kier alpha value is -0.890. The first-order chi connectivity index (χ1) is 5.77. The van der Waals surface area contributed by atoms with Crippen LogP contribution in [0.25, 0.3) is 0 Å². The van der Waals surface area contributed by atoms with E-state index in [9.17, 15) is 4.39 Å². The van der Waals surface area contributed by atoms with Crippen LogP contribution in [0, 0.1) is 5.82 Å². The van der Waals surface area contributed by atoms with Gasteiger partial charge in [-0.3, -0.25) is 0 Å². The van der Waals surface area contributed by atoms with E-state index in [1.165, 1.54) is 11.6 Å². The van der Waals surface area contributed by atoms with Crippen molar-refractivity contribution in [2.45, 2.75) is 19.4 Å². The average Bonchev–Trinajstić information content (AvgIpc) is 2.07. The van der Waals surface area contributed by atoms with E-state index < -0.39 is 0 Å². The molecule has 1 aliphatic rings. The second-order valence-electron chi connectivity index (χ2n) is 3.27. The smallest absolute Gasteiger partial charge is 0.123 e. The summed E-state index contributed by atoms with van der Waals surface area (Å²) in [6.07, 6.45) is 1.01. The van der Waals surface area contributed by atoms with Crippen molar-refractivity contribution >= 4 is 0 Å². The van der Waals surface area contributed by atoms with Gasteiger partial charge in [0.2, 0.25) is 0 Å². The molecular formula is C10H12FN. The minimum Gasteiger partial charge on any atom is -0.310 e. The van der Waals surface area contributed by atoms with Gasteiger partial charge < -0.3 is 5.32 Å². The predicted octanol–water partition coefficient (Wildman–Crippen LogP) is 2.03. The lowest BCUT2D eigenvalue weighted by atomic mass is 9.95. The van der Waals surface area contributed by atoms with Crippen molar-refractivity contribution in [3.63, 3.8) is 0 Å². The first kappa shape index (κ1) is 7.74. The molecule has 0 aliphatic carbocycles. The fourth-order valence-corrected chi connectivity index (χ4v) is 1.73. The average molecular weight is 165 g/mol. The zero-order valence-corrected chi connectivity index (χ0v) is 7.10. The molecule has 2 heteroatoms. The molecule has 0 spiro atoms. The highest BCUT2D eigenvalue weighted by Gasteiger charge is 2.15. The van der Waals surface area contributed by atoms with Crippen LogP contribution in [0.15, 0.2) is 18.2 Å². The van der Waals surface area contributed by atoms with Crippen LogP contribution in [-0.4, -0.2) is 6.54 Å². The van der Waals surface area contributed by atoms with Crippen LogP contribution in [0.1, 0.15) is 24.1 Å². The van der Waals surface area contributed by atoms with E-state index in [-0.39, 0.29) is 5.82 Å². The molecule has 64 valence electrons. The topological polar surface area (TPSA) is 12.0 Å². The van der Waals surface area contributed by atoms with Gasteiger partial charge in [0.05, 0.1) is 0 Å². The van der Waals surface area contributed by atoms with Crippen molar-refractivity contribution in [2.75, 3.05) is 6.54 Å². The molecule has 0 unspecified atom stereocenters. The van der Waals surface area contributed by atoms with Gasteiger partial charge in [0, 0.05) is 6.04 Å². The molecule has 1 aliphatic heterocycles. The quantitative estimate of drug-likeness (QED) is 0.620. The van der Waals surface area contributed by atoms with Gasteiger partial charge in [-0.15, -0.1) is 0 Å². The van der Waals surface area contributed by atoms with Crippen molar-refractivity contribution in [3.05, 3.63) is 35.1 Å². The summed E-state index contributed by atoms with van der Waals surface area (Å²) in [4.78, 5) is 0. The van der Waals surface area contributed by atoms with Crippen molar-refractivity contribution in [3.8, 4) is 0 Å². The van der Waals surface area contributed by atoms with E-state index in [0.29, 0.717) is 6.04 Å². The Morgan fingerprint density at radius 3 is 3.17 bits per heavy atom. The Kier molecular flexibility index (Phi) is 1.85. The number of fused-ring (bicyclic) bond motifs is 1. The molecular weight excluding hydrogens is 153 g/mol. The molecule has 1 atom stereocenters. The van der Waals surface area contributed by atoms with Crippen molar-refractivity contribution in [1.82, 2.24) is 5.32 Å². The highest BCUT2D eigenvalue weighted by molar-refractivity contribution is 5.32. The maximum atomic E-state index is 12.8. The molecule has 0 saturated carbocycles. The van der Waals surface area contributed by atoms with Crippen LogP contribution >= 0.6 is 0 Å². The van der Waals surface area contributed by atoms with E-state index in [1.807, 2.05) is 6.07 Å². The standard InChI is InChI=1S/C10H12FN/c1-7-10-6-9(11)3-2-8(10)4-5-12-7/h2-3,6-7,12H,4-5H2,1H3/t7-/m0/s1. The van der Waals surface area contributed by atoms with Gasteiger partial charge in [-0.25, -0.2) is 4.39 Å². The lowest BCUT2D eigenvalue weighted by Crippen LogP contribution is -2.27. The number of rotatable bonds is 0. The third kappa shape index (κ3) is 1.23. The normalized spacial score (nSPS) is 22.0. The molecule has 0 aromatic heterocycles. The lowest BCUT2D eigenvalue weighted by Gasteiger charge is -2.23. The largest absolute Gasteiger partial charge is 0.310 e. The van der Waals surface area contributed by atoms with E-state index >= 15 is 0 Å². The molecule has 1 aromatic rings. The first-order valence-electron chi connectivity index (χ1n) is 4.29. The fourth-order valence-electron chi connectivity index (χ4n) is 1.73. The molecule has 1 heterocycles. The number of halogens is 1. The van der Waals surface area contributed by atoms with Crippen LogP contribution in [0.2, 0.25) is 0 Å². The molecule has 0 radical (unpaired) electrons. The number of nitrogens with one attached hydrogen (secondary N) is 1. The zero-order valence-electron chi connectivity index (χ0n) is 7.10. The second kappa shape index (κ2) is 2.87. The maximum Gasteiger partial charge on any atom is 0.123 e. The summed E-state index contributed by atoms with van der Waals surface area (Å²) in [6.45, 7) is 3.07. The number of benzene rings is 1. The van der Waals surface area contributed by atoms with Gasteiger partial charge in [0.25, 0.3) is 0 Å². The summed E-state index contributed by atoms with van der Waals surface area (Å²) in [5, 5.41) is 3.30. The van der Waals surface area contributed by atoms with Gasteiger partial charge >= 0.3 is 0 Å². The Morgan fingerprint density at radius 1 is 1.50 bits per heavy atom. The number of hydrogen-bond donors (Lipinski definition) is 1. The van der Waals surface area contributed by atoms with Crippen LogP contribution in [0.5, 0.6) is 0 Å². The van der Waals surface area contributed by atoms with E-state index in [1.54, 1.807) is 6.07 Å². The van der Waals surface area contributed by atoms with Gasteiger partial charge in [0.15, 0.2) is 0 Å². The van der Waals surface area contributed by atoms with Crippen molar-refractivity contribution < 1.29 is 4.39 Å². The maximum absolute atomic E-state index is 12.8. The van der Waals surface area contributed by atoms with Crippen LogP contribution in [-0.2, 0) is 6.42 Å². The summed E-state index contributed by atoms with van der Waals surface area (Å²) >= 11 is 0. The minimum absolute atomic E-state index is 0.135. The molecule has 1 aromatic carbocycles. The second-order valence-corrected chi connectivity index (χ2v) is 3.27.